The van der Waals surface area contributed by atoms with E-state index >= 15 is 0 Å². The Balaban J connectivity index is 1.74. The molecule has 0 saturated carbocycles. The molecule has 8 heteroatoms. The highest BCUT2D eigenvalue weighted by atomic mass is 32.1. The Morgan fingerprint density at radius 2 is 2.09 bits per heavy atom. The Labute approximate surface area is 130 Å². The van der Waals surface area contributed by atoms with Gasteiger partial charge in [0.15, 0.2) is 5.82 Å². The third-order valence-electron chi connectivity index (χ3n) is 2.85. The van der Waals surface area contributed by atoms with Crippen LogP contribution in [0.3, 0.4) is 0 Å². The van der Waals surface area contributed by atoms with E-state index in [2.05, 4.69) is 19.8 Å². The van der Waals surface area contributed by atoms with E-state index in [-0.39, 0.29) is 5.76 Å². The minimum absolute atomic E-state index is 0.138. The van der Waals surface area contributed by atoms with Gasteiger partial charge in [0.1, 0.15) is 5.75 Å². The van der Waals surface area contributed by atoms with Crippen LogP contribution >= 0.6 is 11.5 Å². The van der Waals surface area contributed by atoms with Gasteiger partial charge in [-0.15, -0.1) is 0 Å². The molecule has 0 aliphatic rings. The number of rotatable bonds is 4. The number of ether oxygens (including phenoxy) is 1. The van der Waals surface area contributed by atoms with Crippen molar-refractivity contribution in [3.8, 4) is 17.1 Å². The predicted molar refractivity (Wildman–Crippen MR) is 81.1 cm³/mol. The van der Waals surface area contributed by atoms with Gasteiger partial charge in [-0.25, -0.2) is 0 Å². The van der Waals surface area contributed by atoms with Gasteiger partial charge < -0.3 is 9.26 Å². The molecule has 0 radical (unpaired) electrons. The minimum atomic E-state index is -0.405. The van der Waals surface area contributed by atoms with Crippen LogP contribution < -0.4 is 10.1 Å². The topological polar surface area (TPSA) is 90.1 Å². The second kappa shape index (κ2) is 5.94. The van der Waals surface area contributed by atoms with E-state index in [4.69, 9.17) is 9.26 Å². The molecule has 3 aromatic rings. The van der Waals surface area contributed by atoms with E-state index in [0.717, 1.165) is 22.8 Å². The molecule has 0 fully saturated rings. The zero-order valence-electron chi connectivity index (χ0n) is 11.9. The quantitative estimate of drug-likeness (QED) is 0.796. The molecule has 0 aliphatic carbocycles. The van der Waals surface area contributed by atoms with Crippen molar-refractivity contribution in [1.82, 2.24) is 14.5 Å². The van der Waals surface area contributed by atoms with Gasteiger partial charge in [-0.3, -0.25) is 10.1 Å². The maximum absolute atomic E-state index is 11.9. The van der Waals surface area contributed by atoms with Crippen molar-refractivity contribution >= 4 is 22.6 Å². The summed E-state index contributed by atoms with van der Waals surface area (Å²) >= 11 is 1.10. The number of aryl methyl sites for hydroxylation is 1. The molecular formula is C14H12N4O3S. The highest BCUT2D eigenvalue weighted by Crippen LogP contribution is 2.23. The van der Waals surface area contributed by atoms with Crippen LogP contribution in [0.25, 0.3) is 11.4 Å². The average Bonchev–Trinajstić information content (AvgIpc) is 3.16. The van der Waals surface area contributed by atoms with Crippen LogP contribution in [0.5, 0.6) is 5.75 Å². The predicted octanol–water partition coefficient (Wildman–Crippen LogP) is 2.76. The number of nitrogens with one attached hydrogen (secondary N) is 1. The molecule has 3 rings (SSSR count). The number of hydrogen-bond acceptors (Lipinski definition) is 7. The van der Waals surface area contributed by atoms with E-state index in [9.17, 15) is 4.79 Å². The summed E-state index contributed by atoms with van der Waals surface area (Å²) in [6.07, 6.45) is 0. The first kappa shape index (κ1) is 14.2. The molecule has 0 saturated heterocycles. The van der Waals surface area contributed by atoms with Crippen LogP contribution in [-0.4, -0.2) is 27.5 Å². The Morgan fingerprint density at radius 1 is 1.32 bits per heavy atom. The number of hydrogen-bond donors (Lipinski definition) is 1. The van der Waals surface area contributed by atoms with Gasteiger partial charge in [0.25, 0.3) is 5.91 Å². The van der Waals surface area contributed by atoms with Gasteiger partial charge in [-0.05, 0) is 31.2 Å². The van der Waals surface area contributed by atoms with Gasteiger partial charge >= 0.3 is 0 Å². The summed E-state index contributed by atoms with van der Waals surface area (Å²) in [5.74, 6) is 1.03. The van der Waals surface area contributed by atoms with Crippen molar-refractivity contribution in [1.29, 1.82) is 0 Å². The molecular weight excluding hydrogens is 304 g/mol. The molecule has 2 heterocycles. The Kier molecular flexibility index (Phi) is 3.84. The molecule has 2 aromatic heterocycles. The molecule has 112 valence electrons. The molecule has 0 unspecified atom stereocenters. The number of benzene rings is 1. The second-order valence-electron chi connectivity index (χ2n) is 4.44. The van der Waals surface area contributed by atoms with Gasteiger partial charge in [0.05, 0.1) is 12.8 Å². The first-order valence-electron chi connectivity index (χ1n) is 6.38. The van der Waals surface area contributed by atoms with Crippen LogP contribution in [0, 0.1) is 6.92 Å². The lowest BCUT2D eigenvalue weighted by molar-refractivity contribution is 0.0988. The number of methoxy groups -OCH3 is 1. The maximum Gasteiger partial charge on any atom is 0.296 e. The first-order chi connectivity index (χ1) is 10.7. The number of carbonyl (C=O) groups is 1. The van der Waals surface area contributed by atoms with Crippen molar-refractivity contribution in [3.05, 3.63) is 41.8 Å². The number of carbonyl (C=O) groups excluding carboxylic acids is 1. The van der Waals surface area contributed by atoms with Gasteiger partial charge in [-0.1, -0.05) is 5.16 Å². The Hall–Kier alpha value is -2.74. The van der Waals surface area contributed by atoms with Gasteiger partial charge in [0, 0.05) is 23.2 Å². The molecule has 0 bridgehead atoms. The third kappa shape index (κ3) is 2.96. The number of amides is 1. The summed E-state index contributed by atoms with van der Waals surface area (Å²) in [6, 6.07) is 8.91. The summed E-state index contributed by atoms with van der Waals surface area (Å²) in [5.41, 5.74) is 1.48. The normalized spacial score (nSPS) is 10.5. The fourth-order valence-corrected chi connectivity index (χ4v) is 2.35. The average molecular weight is 316 g/mol. The standard InChI is InChI=1S/C14H12N4O3S/c1-8-7-11(21-17-8)13(19)16-14-15-12(18-22-14)9-3-5-10(20-2)6-4-9/h3-7H,1-2H3,(H,15,16,18,19). The summed E-state index contributed by atoms with van der Waals surface area (Å²) in [4.78, 5) is 16.2. The zero-order valence-corrected chi connectivity index (χ0v) is 12.7. The molecule has 22 heavy (non-hydrogen) atoms. The van der Waals surface area contributed by atoms with Crippen LogP contribution in [0.1, 0.15) is 16.2 Å². The van der Waals surface area contributed by atoms with Gasteiger partial charge in [0.2, 0.25) is 10.9 Å². The second-order valence-corrected chi connectivity index (χ2v) is 5.19. The van der Waals surface area contributed by atoms with E-state index in [0.29, 0.717) is 16.6 Å². The fourth-order valence-electron chi connectivity index (χ4n) is 1.76. The maximum atomic E-state index is 11.9. The SMILES string of the molecule is COc1ccc(-c2nsc(NC(=O)c3cc(C)no3)n2)cc1. The molecule has 1 amide bonds. The Morgan fingerprint density at radius 3 is 2.73 bits per heavy atom. The van der Waals surface area contributed by atoms with E-state index in [1.165, 1.54) is 0 Å². The van der Waals surface area contributed by atoms with Crippen LogP contribution in [0.15, 0.2) is 34.9 Å². The van der Waals surface area contributed by atoms with Gasteiger partial charge in [-0.2, -0.15) is 9.36 Å². The molecule has 0 atom stereocenters. The summed E-state index contributed by atoms with van der Waals surface area (Å²) in [5, 5.41) is 6.69. The smallest absolute Gasteiger partial charge is 0.296 e. The van der Waals surface area contributed by atoms with Crippen molar-refractivity contribution < 1.29 is 14.1 Å². The summed E-state index contributed by atoms with van der Waals surface area (Å²) < 4.78 is 14.2. The fraction of sp³-hybridized carbons (Fsp3) is 0.143. The lowest BCUT2D eigenvalue weighted by Crippen LogP contribution is -2.10. The van der Waals surface area contributed by atoms with Crippen molar-refractivity contribution in [2.75, 3.05) is 12.4 Å². The monoisotopic (exact) mass is 316 g/mol. The van der Waals surface area contributed by atoms with E-state index < -0.39 is 5.91 Å². The number of anilines is 1. The largest absolute Gasteiger partial charge is 0.497 e. The molecule has 1 N–H and O–H groups in total. The third-order valence-corrected chi connectivity index (χ3v) is 3.48. The van der Waals surface area contributed by atoms with Crippen molar-refractivity contribution in [3.63, 3.8) is 0 Å². The molecule has 0 aliphatic heterocycles. The highest BCUT2D eigenvalue weighted by molar-refractivity contribution is 7.10. The lowest BCUT2D eigenvalue weighted by atomic mass is 10.2. The zero-order chi connectivity index (χ0) is 15.5. The summed E-state index contributed by atoms with van der Waals surface area (Å²) in [6.45, 7) is 1.74. The Bertz CT molecular complexity index is 795. The molecule has 7 nitrogen and oxygen atoms in total. The van der Waals surface area contributed by atoms with Crippen LogP contribution in [0.2, 0.25) is 0 Å². The van der Waals surface area contributed by atoms with Crippen molar-refractivity contribution in [2.24, 2.45) is 0 Å². The summed E-state index contributed by atoms with van der Waals surface area (Å²) in [7, 11) is 1.61. The molecule has 0 spiro atoms. The first-order valence-corrected chi connectivity index (χ1v) is 7.16. The van der Waals surface area contributed by atoms with Crippen LogP contribution in [-0.2, 0) is 0 Å². The number of nitrogens with zero attached hydrogens (tertiary/aromatic N) is 3. The van der Waals surface area contributed by atoms with Crippen LogP contribution in [0.4, 0.5) is 5.13 Å². The number of aromatic nitrogens is 3. The minimum Gasteiger partial charge on any atom is -0.497 e. The van der Waals surface area contributed by atoms with E-state index in [1.807, 2.05) is 24.3 Å². The lowest BCUT2D eigenvalue weighted by Gasteiger charge is -1.99. The highest BCUT2D eigenvalue weighted by Gasteiger charge is 2.15. The van der Waals surface area contributed by atoms with Crippen molar-refractivity contribution in [2.45, 2.75) is 6.92 Å². The van der Waals surface area contributed by atoms with E-state index in [1.54, 1.807) is 20.1 Å². The molecule has 1 aromatic carbocycles.